The van der Waals surface area contributed by atoms with Gasteiger partial charge in [0.15, 0.2) is 6.10 Å². The summed E-state index contributed by atoms with van der Waals surface area (Å²) in [4.78, 5) is 12.9. The minimum Gasteiger partial charge on any atom is -0.478 e. The lowest BCUT2D eigenvalue weighted by atomic mass is 10.0. The molecule has 1 aliphatic heterocycles. The van der Waals surface area contributed by atoms with E-state index in [4.69, 9.17) is 16.3 Å². The third-order valence-electron chi connectivity index (χ3n) is 4.99. The van der Waals surface area contributed by atoms with Gasteiger partial charge in [-0.25, -0.2) is 8.42 Å². The normalized spacial score (nSPS) is 17.7. The fourth-order valence-electron chi connectivity index (χ4n) is 3.31. The molecule has 0 fully saturated rings. The third kappa shape index (κ3) is 5.03. The van der Waals surface area contributed by atoms with Gasteiger partial charge in [0.25, 0.3) is 5.91 Å². The summed E-state index contributed by atoms with van der Waals surface area (Å²) in [5.41, 5.74) is 2.57. The van der Waals surface area contributed by atoms with Crippen molar-refractivity contribution >= 4 is 33.2 Å². The van der Waals surface area contributed by atoms with Crippen molar-refractivity contribution in [1.29, 1.82) is 0 Å². The molecular formula is C21H25ClN2O4S. The van der Waals surface area contributed by atoms with Crippen molar-refractivity contribution in [2.75, 3.05) is 17.1 Å². The summed E-state index contributed by atoms with van der Waals surface area (Å²) in [5, 5.41) is 3.37. The van der Waals surface area contributed by atoms with Gasteiger partial charge in [0.1, 0.15) is 5.75 Å². The number of nitrogens with zero attached hydrogens (tertiary/aromatic N) is 1. The maximum absolute atomic E-state index is 12.9. The molecule has 2 atom stereocenters. The second-order valence-electron chi connectivity index (χ2n) is 7.17. The number of sulfonamides is 1. The number of hydrogen-bond acceptors (Lipinski definition) is 4. The summed E-state index contributed by atoms with van der Waals surface area (Å²) < 4.78 is 31.6. The molecule has 0 bridgehead atoms. The van der Waals surface area contributed by atoms with E-state index >= 15 is 0 Å². The summed E-state index contributed by atoms with van der Waals surface area (Å²) in [6.07, 6.45) is 1.50. The summed E-state index contributed by atoms with van der Waals surface area (Å²) in [5.74, 6) is 0.0331. The fraction of sp³-hybridized carbons (Fsp3) is 0.381. The van der Waals surface area contributed by atoms with Gasteiger partial charge < -0.3 is 10.1 Å². The summed E-state index contributed by atoms with van der Waals surface area (Å²) in [6, 6.07) is 12.6. The molecule has 0 saturated carbocycles. The molecule has 1 aliphatic rings. The van der Waals surface area contributed by atoms with Crippen LogP contribution in [0.15, 0.2) is 42.5 Å². The lowest BCUT2D eigenvalue weighted by Crippen LogP contribution is -2.40. The van der Waals surface area contributed by atoms with E-state index < -0.39 is 16.1 Å². The number of rotatable bonds is 5. The molecule has 0 saturated heterocycles. The molecule has 0 aromatic heterocycles. The number of nitrogens with one attached hydrogen (secondary N) is 1. The molecule has 1 N–H and O–H groups in total. The average Bonchev–Trinajstić information content (AvgIpc) is 2.87. The van der Waals surface area contributed by atoms with Crippen molar-refractivity contribution in [1.82, 2.24) is 5.32 Å². The van der Waals surface area contributed by atoms with E-state index in [1.165, 1.54) is 15.9 Å². The maximum Gasteiger partial charge on any atom is 0.261 e. The number of hydrogen-bond donors (Lipinski definition) is 1. The number of benzene rings is 2. The standard InChI is InChI=1S/C21H25ClN2O4S/c1-4-15-5-7-16(8-6-15)14(2)23-21(25)20-11-12-24(29(3,26)27)18-13-17(22)9-10-19(18)28-20/h5-10,13-14,20H,4,11-12H2,1-3H3,(H,23,25). The molecule has 2 unspecified atom stereocenters. The monoisotopic (exact) mass is 436 g/mol. The summed E-state index contributed by atoms with van der Waals surface area (Å²) in [6.45, 7) is 4.13. The van der Waals surface area contributed by atoms with E-state index in [0.717, 1.165) is 18.2 Å². The number of amides is 1. The van der Waals surface area contributed by atoms with Gasteiger partial charge in [-0.2, -0.15) is 0 Å². The van der Waals surface area contributed by atoms with E-state index in [0.29, 0.717) is 16.5 Å². The number of aryl methyl sites for hydroxylation is 1. The van der Waals surface area contributed by atoms with Crippen LogP contribution in [0.3, 0.4) is 0 Å². The lowest BCUT2D eigenvalue weighted by molar-refractivity contribution is -0.128. The highest BCUT2D eigenvalue weighted by Crippen LogP contribution is 2.36. The number of fused-ring (bicyclic) bond motifs is 1. The van der Waals surface area contributed by atoms with Gasteiger partial charge in [0, 0.05) is 18.0 Å². The van der Waals surface area contributed by atoms with Crippen molar-refractivity contribution < 1.29 is 17.9 Å². The molecule has 6 nitrogen and oxygen atoms in total. The van der Waals surface area contributed by atoms with Crippen molar-refractivity contribution in [2.45, 2.75) is 38.8 Å². The first-order valence-electron chi connectivity index (χ1n) is 9.52. The van der Waals surface area contributed by atoms with Crippen LogP contribution in [0.4, 0.5) is 5.69 Å². The number of carbonyl (C=O) groups excluding carboxylic acids is 1. The minimum absolute atomic E-state index is 0.129. The largest absolute Gasteiger partial charge is 0.478 e. The van der Waals surface area contributed by atoms with Crippen LogP contribution in [0.25, 0.3) is 0 Å². The van der Waals surface area contributed by atoms with Crippen LogP contribution in [0.2, 0.25) is 5.02 Å². The molecule has 2 aromatic rings. The highest BCUT2D eigenvalue weighted by atomic mass is 35.5. The number of anilines is 1. The topological polar surface area (TPSA) is 75.7 Å². The zero-order chi connectivity index (χ0) is 21.2. The average molecular weight is 437 g/mol. The second-order valence-corrected chi connectivity index (χ2v) is 9.51. The minimum atomic E-state index is -3.54. The Balaban J connectivity index is 1.79. The smallest absolute Gasteiger partial charge is 0.261 e. The molecule has 3 rings (SSSR count). The van der Waals surface area contributed by atoms with Crippen molar-refractivity contribution in [3.05, 3.63) is 58.6 Å². The van der Waals surface area contributed by atoms with Gasteiger partial charge in [0.2, 0.25) is 10.0 Å². The highest BCUT2D eigenvalue weighted by Gasteiger charge is 2.32. The Morgan fingerprint density at radius 1 is 1.28 bits per heavy atom. The lowest BCUT2D eigenvalue weighted by Gasteiger charge is -2.21. The van der Waals surface area contributed by atoms with Crippen LogP contribution in [0, 0.1) is 0 Å². The Hall–Kier alpha value is -2.25. The molecule has 29 heavy (non-hydrogen) atoms. The van der Waals surface area contributed by atoms with Gasteiger partial charge in [-0.1, -0.05) is 42.8 Å². The Morgan fingerprint density at radius 3 is 2.59 bits per heavy atom. The number of carbonyl (C=O) groups is 1. The van der Waals surface area contributed by atoms with Crippen LogP contribution in [0.1, 0.15) is 37.4 Å². The molecule has 1 amide bonds. The molecular weight excluding hydrogens is 412 g/mol. The summed E-state index contributed by atoms with van der Waals surface area (Å²) >= 11 is 6.05. The van der Waals surface area contributed by atoms with Gasteiger partial charge in [0.05, 0.1) is 18.0 Å². The zero-order valence-corrected chi connectivity index (χ0v) is 18.3. The summed E-state index contributed by atoms with van der Waals surface area (Å²) in [7, 11) is -3.54. The predicted octanol–water partition coefficient (Wildman–Crippen LogP) is 3.70. The zero-order valence-electron chi connectivity index (χ0n) is 16.7. The van der Waals surface area contributed by atoms with Gasteiger partial charge in [-0.3, -0.25) is 9.10 Å². The molecule has 0 radical (unpaired) electrons. The molecule has 0 spiro atoms. The van der Waals surface area contributed by atoms with E-state index in [9.17, 15) is 13.2 Å². The van der Waals surface area contributed by atoms with Gasteiger partial charge in [-0.15, -0.1) is 0 Å². The van der Waals surface area contributed by atoms with Crippen LogP contribution < -0.4 is 14.4 Å². The van der Waals surface area contributed by atoms with Gasteiger partial charge in [-0.05, 0) is 42.7 Å². The van der Waals surface area contributed by atoms with E-state index in [1.807, 2.05) is 31.2 Å². The number of halogens is 1. The van der Waals surface area contributed by atoms with Crippen LogP contribution in [-0.4, -0.2) is 33.2 Å². The Morgan fingerprint density at radius 2 is 1.97 bits per heavy atom. The molecule has 1 heterocycles. The quantitative estimate of drug-likeness (QED) is 0.775. The van der Waals surface area contributed by atoms with E-state index in [2.05, 4.69) is 12.2 Å². The van der Waals surface area contributed by atoms with Crippen molar-refractivity contribution in [3.8, 4) is 5.75 Å². The molecule has 8 heteroatoms. The Kier molecular flexibility index (Phi) is 6.39. The first-order chi connectivity index (χ1) is 13.7. The highest BCUT2D eigenvalue weighted by molar-refractivity contribution is 7.92. The van der Waals surface area contributed by atoms with Crippen LogP contribution in [0.5, 0.6) is 5.75 Å². The molecule has 0 aliphatic carbocycles. The van der Waals surface area contributed by atoms with E-state index in [1.54, 1.807) is 12.1 Å². The fourth-order valence-corrected chi connectivity index (χ4v) is 4.42. The van der Waals surface area contributed by atoms with Crippen molar-refractivity contribution in [2.24, 2.45) is 0 Å². The van der Waals surface area contributed by atoms with E-state index in [-0.39, 0.29) is 24.9 Å². The first kappa shape index (κ1) is 21.5. The van der Waals surface area contributed by atoms with Gasteiger partial charge >= 0.3 is 0 Å². The third-order valence-corrected chi connectivity index (χ3v) is 6.41. The number of ether oxygens (including phenoxy) is 1. The van der Waals surface area contributed by atoms with Crippen LogP contribution >= 0.6 is 11.6 Å². The second kappa shape index (κ2) is 8.63. The first-order valence-corrected chi connectivity index (χ1v) is 11.7. The van der Waals surface area contributed by atoms with Crippen molar-refractivity contribution in [3.63, 3.8) is 0 Å². The van der Waals surface area contributed by atoms with Crippen LogP contribution in [-0.2, 0) is 21.2 Å². The molecule has 2 aromatic carbocycles. The predicted molar refractivity (Wildman–Crippen MR) is 115 cm³/mol. The maximum atomic E-state index is 12.9. The molecule has 156 valence electrons. The Labute approximate surface area is 176 Å². The Bertz CT molecular complexity index is 992. The SMILES string of the molecule is CCc1ccc(C(C)NC(=O)C2CCN(S(C)(=O)=O)c3cc(Cl)ccc3O2)cc1.